The number of carboxylic acid groups (broad SMARTS) is 1. The van der Waals surface area contributed by atoms with Gasteiger partial charge in [0.05, 0.1) is 5.69 Å². The lowest BCUT2D eigenvalue weighted by atomic mass is 10.1. The highest BCUT2D eigenvalue weighted by Crippen LogP contribution is 2.22. The van der Waals surface area contributed by atoms with Crippen molar-refractivity contribution in [2.45, 2.75) is 20.8 Å². The molecule has 0 spiro atoms. The van der Waals surface area contributed by atoms with E-state index in [1.165, 1.54) is 0 Å². The average molecular weight is 317 g/mol. The van der Waals surface area contributed by atoms with Gasteiger partial charge in [-0.05, 0) is 31.6 Å². The van der Waals surface area contributed by atoms with Crippen LogP contribution in [-0.2, 0) is 0 Å². The number of hydrogen-bond donors (Lipinski definition) is 3. The first-order valence-corrected chi connectivity index (χ1v) is 7.77. The summed E-state index contributed by atoms with van der Waals surface area (Å²) in [4.78, 5) is 24.8. The van der Waals surface area contributed by atoms with Gasteiger partial charge < -0.3 is 20.3 Å². The summed E-state index contributed by atoms with van der Waals surface area (Å²) in [5.41, 5.74) is 2.52. The SMILES string of the molecule is CCN(CC)CCNc1ncc(C)c(-c2c[nH]c(C(=O)O)c2)n1. The van der Waals surface area contributed by atoms with Gasteiger partial charge in [-0.25, -0.2) is 14.8 Å². The van der Waals surface area contributed by atoms with Crippen molar-refractivity contribution in [1.82, 2.24) is 19.9 Å². The van der Waals surface area contributed by atoms with Crippen molar-refractivity contribution in [3.63, 3.8) is 0 Å². The zero-order chi connectivity index (χ0) is 16.8. The smallest absolute Gasteiger partial charge is 0.352 e. The van der Waals surface area contributed by atoms with Crippen LogP contribution in [0.4, 0.5) is 5.95 Å². The second kappa shape index (κ2) is 7.73. The topological polar surface area (TPSA) is 94.1 Å². The quantitative estimate of drug-likeness (QED) is 0.691. The van der Waals surface area contributed by atoms with Gasteiger partial charge in [0.25, 0.3) is 0 Å². The molecule has 23 heavy (non-hydrogen) atoms. The monoisotopic (exact) mass is 317 g/mol. The first-order valence-electron chi connectivity index (χ1n) is 7.77. The number of aromatic carboxylic acids is 1. The number of anilines is 1. The Morgan fingerprint density at radius 2 is 2.13 bits per heavy atom. The third-order valence-electron chi connectivity index (χ3n) is 3.76. The Bertz CT molecular complexity index is 664. The molecule has 0 bridgehead atoms. The molecule has 0 aromatic carbocycles. The van der Waals surface area contributed by atoms with E-state index in [0.29, 0.717) is 5.95 Å². The molecule has 7 nitrogen and oxygen atoms in total. The Kier molecular flexibility index (Phi) is 5.70. The number of aromatic amines is 1. The van der Waals surface area contributed by atoms with Gasteiger partial charge in [0.1, 0.15) is 5.69 Å². The number of rotatable bonds is 8. The number of carboxylic acids is 1. The Morgan fingerprint density at radius 3 is 2.74 bits per heavy atom. The van der Waals surface area contributed by atoms with E-state index in [1.807, 2.05) is 6.92 Å². The van der Waals surface area contributed by atoms with Gasteiger partial charge in [-0.1, -0.05) is 13.8 Å². The minimum atomic E-state index is -0.986. The normalized spacial score (nSPS) is 11.0. The summed E-state index contributed by atoms with van der Waals surface area (Å²) in [6.07, 6.45) is 3.40. The van der Waals surface area contributed by atoms with Crippen molar-refractivity contribution in [2.75, 3.05) is 31.5 Å². The maximum Gasteiger partial charge on any atom is 0.352 e. The van der Waals surface area contributed by atoms with E-state index < -0.39 is 5.97 Å². The molecule has 2 aromatic heterocycles. The summed E-state index contributed by atoms with van der Waals surface area (Å²) in [6.45, 7) is 9.89. The van der Waals surface area contributed by atoms with Gasteiger partial charge >= 0.3 is 5.97 Å². The van der Waals surface area contributed by atoms with Gasteiger partial charge in [0.15, 0.2) is 0 Å². The standard InChI is InChI=1S/C16H23N5O2/c1-4-21(5-2)7-6-17-16-19-9-11(3)14(20-16)12-8-13(15(22)23)18-10-12/h8-10,18H,4-7H2,1-3H3,(H,22,23)(H,17,19,20). The molecular weight excluding hydrogens is 294 g/mol. The molecule has 0 fully saturated rings. The molecule has 0 amide bonds. The summed E-state index contributed by atoms with van der Waals surface area (Å²) in [7, 11) is 0. The van der Waals surface area contributed by atoms with Crippen LogP contribution in [0.1, 0.15) is 29.9 Å². The van der Waals surface area contributed by atoms with E-state index in [0.717, 1.165) is 43.0 Å². The largest absolute Gasteiger partial charge is 0.477 e. The molecule has 124 valence electrons. The van der Waals surface area contributed by atoms with Gasteiger partial charge in [-0.2, -0.15) is 0 Å². The summed E-state index contributed by atoms with van der Waals surface area (Å²) in [5, 5.41) is 12.2. The fourth-order valence-corrected chi connectivity index (χ4v) is 2.34. The van der Waals surface area contributed by atoms with Crippen LogP contribution in [-0.4, -0.2) is 57.1 Å². The average Bonchev–Trinajstić information content (AvgIpc) is 3.03. The molecule has 2 heterocycles. The van der Waals surface area contributed by atoms with Crippen LogP contribution in [0.2, 0.25) is 0 Å². The van der Waals surface area contributed by atoms with E-state index in [2.05, 4.69) is 39.0 Å². The lowest BCUT2D eigenvalue weighted by Crippen LogP contribution is -2.29. The molecule has 0 unspecified atom stereocenters. The summed E-state index contributed by atoms with van der Waals surface area (Å²) < 4.78 is 0. The van der Waals surface area contributed by atoms with Crippen LogP contribution >= 0.6 is 0 Å². The van der Waals surface area contributed by atoms with Crippen LogP contribution in [0.15, 0.2) is 18.5 Å². The van der Waals surface area contributed by atoms with Crippen LogP contribution in [0, 0.1) is 6.92 Å². The van der Waals surface area contributed by atoms with Gasteiger partial charge in [-0.3, -0.25) is 0 Å². The van der Waals surface area contributed by atoms with Crippen LogP contribution in [0.5, 0.6) is 0 Å². The minimum absolute atomic E-state index is 0.147. The van der Waals surface area contributed by atoms with Crippen LogP contribution in [0.25, 0.3) is 11.3 Å². The Labute approximate surface area is 135 Å². The first kappa shape index (κ1) is 17.0. The molecule has 0 aliphatic heterocycles. The zero-order valence-electron chi connectivity index (χ0n) is 13.8. The maximum absolute atomic E-state index is 11.0. The molecular formula is C16H23N5O2. The lowest BCUT2D eigenvalue weighted by Gasteiger charge is -2.18. The summed E-state index contributed by atoms with van der Waals surface area (Å²) in [6, 6.07) is 1.58. The molecule has 2 rings (SSSR count). The number of hydrogen-bond acceptors (Lipinski definition) is 5. The van der Waals surface area contributed by atoms with Crippen molar-refractivity contribution >= 4 is 11.9 Å². The zero-order valence-corrected chi connectivity index (χ0v) is 13.8. The second-order valence-electron chi connectivity index (χ2n) is 5.29. The van der Waals surface area contributed by atoms with Crippen LogP contribution in [0.3, 0.4) is 0 Å². The van der Waals surface area contributed by atoms with Crippen molar-refractivity contribution in [2.24, 2.45) is 0 Å². The predicted octanol–water partition coefficient (Wildman–Crippen LogP) is 2.23. The number of aromatic nitrogens is 3. The molecule has 2 aromatic rings. The first-order chi connectivity index (χ1) is 11.0. The van der Waals surface area contributed by atoms with Crippen molar-refractivity contribution in [1.29, 1.82) is 0 Å². The van der Waals surface area contributed by atoms with E-state index in [4.69, 9.17) is 5.11 Å². The number of likely N-dealkylation sites (N-methyl/N-ethyl adjacent to an activating group) is 1. The Morgan fingerprint density at radius 1 is 1.39 bits per heavy atom. The molecule has 0 atom stereocenters. The molecule has 0 saturated carbocycles. The predicted molar refractivity (Wildman–Crippen MR) is 89.8 cm³/mol. The molecule has 7 heteroatoms. The summed E-state index contributed by atoms with van der Waals surface area (Å²) >= 11 is 0. The summed E-state index contributed by atoms with van der Waals surface area (Å²) in [5.74, 6) is -0.434. The third kappa shape index (κ3) is 4.29. The van der Waals surface area contributed by atoms with E-state index in [-0.39, 0.29) is 5.69 Å². The molecule has 3 N–H and O–H groups in total. The molecule has 0 radical (unpaired) electrons. The number of H-pyrrole nitrogens is 1. The maximum atomic E-state index is 11.0. The van der Waals surface area contributed by atoms with E-state index >= 15 is 0 Å². The lowest BCUT2D eigenvalue weighted by molar-refractivity contribution is 0.0691. The van der Waals surface area contributed by atoms with Gasteiger partial charge in [-0.15, -0.1) is 0 Å². The third-order valence-corrected chi connectivity index (χ3v) is 3.76. The van der Waals surface area contributed by atoms with Gasteiger partial charge in [0, 0.05) is 31.0 Å². The molecule has 0 aliphatic carbocycles. The van der Waals surface area contributed by atoms with Crippen molar-refractivity contribution < 1.29 is 9.90 Å². The highest BCUT2D eigenvalue weighted by atomic mass is 16.4. The second-order valence-corrected chi connectivity index (χ2v) is 5.29. The van der Waals surface area contributed by atoms with E-state index in [1.54, 1.807) is 18.5 Å². The molecule has 0 aliphatic rings. The number of nitrogens with one attached hydrogen (secondary N) is 2. The highest BCUT2D eigenvalue weighted by molar-refractivity contribution is 5.87. The van der Waals surface area contributed by atoms with E-state index in [9.17, 15) is 4.79 Å². The number of aryl methyl sites for hydroxylation is 1. The Balaban J connectivity index is 2.10. The minimum Gasteiger partial charge on any atom is -0.477 e. The highest BCUT2D eigenvalue weighted by Gasteiger charge is 2.12. The fraction of sp³-hybridized carbons (Fsp3) is 0.438. The fourth-order valence-electron chi connectivity index (χ4n) is 2.34. The van der Waals surface area contributed by atoms with Crippen LogP contribution < -0.4 is 5.32 Å². The van der Waals surface area contributed by atoms with Crippen molar-refractivity contribution in [3.05, 3.63) is 29.7 Å². The van der Waals surface area contributed by atoms with Gasteiger partial charge in [0.2, 0.25) is 5.95 Å². The van der Waals surface area contributed by atoms with Crippen molar-refractivity contribution in [3.8, 4) is 11.3 Å². The Hall–Kier alpha value is -2.41. The number of carbonyl (C=O) groups is 1. The molecule has 0 saturated heterocycles. The number of nitrogens with zero attached hydrogens (tertiary/aromatic N) is 3.